The summed E-state index contributed by atoms with van der Waals surface area (Å²) in [7, 11) is 0. The van der Waals surface area contributed by atoms with Crippen LogP contribution in [0.3, 0.4) is 0 Å². The van der Waals surface area contributed by atoms with E-state index in [4.69, 9.17) is 5.11 Å². The van der Waals surface area contributed by atoms with E-state index in [-0.39, 0.29) is 12.2 Å². The van der Waals surface area contributed by atoms with E-state index in [1.165, 1.54) is 23.5 Å². The third-order valence-corrected chi connectivity index (χ3v) is 3.89. The Bertz CT molecular complexity index is 778. The molecule has 0 bridgehead atoms. The molecule has 4 nitrogen and oxygen atoms in total. The number of aliphatic carboxylic acids is 1. The van der Waals surface area contributed by atoms with Crippen LogP contribution in [0.25, 0.3) is 16.2 Å². The molecule has 1 aromatic carbocycles. The van der Waals surface area contributed by atoms with Gasteiger partial charge in [-0.2, -0.15) is 0 Å². The molecule has 2 aromatic heterocycles. The molecule has 102 valence electrons. The van der Waals surface area contributed by atoms with Crippen LogP contribution in [-0.2, 0) is 11.2 Å². The van der Waals surface area contributed by atoms with E-state index in [1.807, 2.05) is 16.0 Å². The molecule has 6 heteroatoms. The van der Waals surface area contributed by atoms with Gasteiger partial charge in [-0.15, -0.1) is 11.3 Å². The van der Waals surface area contributed by atoms with E-state index in [0.29, 0.717) is 17.7 Å². The Morgan fingerprint density at radius 1 is 1.45 bits per heavy atom. The molecular weight excluding hydrogens is 279 g/mol. The topological polar surface area (TPSA) is 54.6 Å². The average molecular weight is 290 g/mol. The zero-order valence-corrected chi connectivity index (χ0v) is 11.2. The summed E-state index contributed by atoms with van der Waals surface area (Å²) in [5.41, 5.74) is 2.31. The fourth-order valence-electron chi connectivity index (χ4n) is 2.03. The molecule has 0 unspecified atom stereocenters. The van der Waals surface area contributed by atoms with Gasteiger partial charge in [-0.25, -0.2) is 9.37 Å². The number of carboxylic acids is 1. The third kappa shape index (κ3) is 2.42. The van der Waals surface area contributed by atoms with Gasteiger partial charge in [0.2, 0.25) is 0 Å². The SMILES string of the molecule is O=C(O)CCc1csc2nc(-c3cccc(F)c3)cn12. The molecular formula is C14H11FN2O2S. The normalized spacial score (nSPS) is 11.1. The average Bonchev–Trinajstić information content (AvgIpc) is 2.96. The van der Waals surface area contributed by atoms with Gasteiger partial charge in [0.15, 0.2) is 4.96 Å². The summed E-state index contributed by atoms with van der Waals surface area (Å²) >= 11 is 1.45. The number of benzene rings is 1. The quantitative estimate of drug-likeness (QED) is 0.802. The summed E-state index contributed by atoms with van der Waals surface area (Å²) in [6.07, 6.45) is 2.35. The Balaban J connectivity index is 1.97. The molecule has 3 aromatic rings. The van der Waals surface area contributed by atoms with Gasteiger partial charge in [0.05, 0.1) is 12.1 Å². The lowest BCUT2D eigenvalue weighted by atomic mass is 10.2. The van der Waals surface area contributed by atoms with E-state index in [9.17, 15) is 9.18 Å². The van der Waals surface area contributed by atoms with Gasteiger partial charge < -0.3 is 5.11 Å². The van der Waals surface area contributed by atoms with Gasteiger partial charge in [-0.1, -0.05) is 12.1 Å². The van der Waals surface area contributed by atoms with Crippen LogP contribution in [-0.4, -0.2) is 20.5 Å². The van der Waals surface area contributed by atoms with E-state index in [0.717, 1.165) is 10.7 Å². The van der Waals surface area contributed by atoms with Crippen molar-refractivity contribution < 1.29 is 14.3 Å². The van der Waals surface area contributed by atoms with Crippen molar-refractivity contribution in [3.05, 3.63) is 47.4 Å². The molecule has 1 N–H and O–H groups in total. The Kier molecular flexibility index (Phi) is 3.23. The fourth-order valence-corrected chi connectivity index (χ4v) is 2.94. The Hall–Kier alpha value is -2.21. The number of nitrogens with zero attached hydrogens (tertiary/aromatic N) is 2. The van der Waals surface area contributed by atoms with Crippen LogP contribution in [0.15, 0.2) is 35.8 Å². The fraction of sp³-hybridized carbons (Fsp3) is 0.143. The summed E-state index contributed by atoms with van der Waals surface area (Å²) in [5.74, 6) is -1.13. The van der Waals surface area contributed by atoms with Gasteiger partial charge in [-0.05, 0) is 18.6 Å². The smallest absolute Gasteiger partial charge is 0.303 e. The summed E-state index contributed by atoms with van der Waals surface area (Å²) in [5, 5.41) is 10.6. The number of halogens is 1. The van der Waals surface area contributed by atoms with Crippen LogP contribution in [0.2, 0.25) is 0 Å². The molecule has 3 rings (SSSR count). The molecule has 0 atom stereocenters. The van der Waals surface area contributed by atoms with Crippen molar-refractivity contribution in [2.24, 2.45) is 0 Å². The highest BCUT2D eigenvalue weighted by Crippen LogP contribution is 2.24. The maximum atomic E-state index is 13.2. The molecule has 0 amide bonds. The highest BCUT2D eigenvalue weighted by Gasteiger charge is 2.11. The number of fused-ring (bicyclic) bond motifs is 1. The lowest BCUT2D eigenvalue weighted by Crippen LogP contribution is -1.99. The van der Waals surface area contributed by atoms with E-state index in [2.05, 4.69) is 4.98 Å². The molecule has 0 aliphatic carbocycles. The summed E-state index contributed by atoms with van der Waals surface area (Å²) < 4.78 is 15.1. The monoisotopic (exact) mass is 290 g/mol. The van der Waals surface area contributed by atoms with Crippen LogP contribution < -0.4 is 0 Å². The number of imidazole rings is 1. The predicted octanol–water partition coefficient (Wildman–Crippen LogP) is 3.22. The number of rotatable bonds is 4. The lowest BCUT2D eigenvalue weighted by molar-refractivity contribution is -0.136. The Morgan fingerprint density at radius 2 is 2.30 bits per heavy atom. The largest absolute Gasteiger partial charge is 0.481 e. The van der Waals surface area contributed by atoms with Crippen molar-refractivity contribution in [3.63, 3.8) is 0 Å². The lowest BCUT2D eigenvalue weighted by Gasteiger charge is -1.97. The number of hydrogen-bond donors (Lipinski definition) is 1. The van der Waals surface area contributed by atoms with Crippen molar-refractivity contribution in [3.8, 4) is 11.3 Å². The molecule has 0 saturated heterocycles. The van der Waals surface area contributed by atoms with Crippen molar-refractivity contribution in [1.29, 1.82) is 0 Å². The zero-order chi connectivity index (χ0) is 14.1. The van der Waals surface area contributed by atoms with Crippen LogP contribution in [0.5, 0.6) is 0 Å². The van der Waals surface area contributed by atoms with E-state index < -0.39 is 5.97 Å². The van der Waals surface area contributed by atoms with Gasteiger partial charge in [0.1, 0.15) is 5.82 Å². The minimum atomic E-state index is -0.824. The van der Waals surface area contributed by atoms with Crippen LogP contribution in [0, 0.1) is 5.82 Å². The molecule has 2 heterocycles. The maximum absolute atomic E-state index is 13.2. The third-order valence-electron chi connectivity index (χ3n) is 3.00. The molecule has 0 spiro atoms. The van der Waals surface area contributed by atoms with Gasteiger partial charge >= 0.3 is 5.97 Å². The van der Waals surface area contributed by atoms with Crippen LogP contribution in [0.1, 0.15) is 12.1 Å². The van der Waals surface area contributed by atoms with Gasteiger partial charge in [-0.3, -0.25) is 9.20 Å². The predicted molar refractivity (Wildman–Crippen MR) is 74.4 cm³/mol. The number of carbonyl (C=O) groups is 1. The summed E-state index contributed by atoms with van der Waals surface area (Å²) in [4.78, 5) is 15.9. The first-order valence-electron chi connectivity index (χ1n) is 6.06. The van der Waals surface area contributed by atoms with Crippen molar-refractivity contribution in [2.45, 2.75) is 12.8 Å². The number of aryl methyl sites for hydroxylation is 1. The molecule has 0 aliphatic rings. The van der Waals surface area contributed by atoms with Crippen molar-refractivity contribution in [2.75, 3.05) is 0 Å². The highest BCUT2D eigenvalue weighted by atomic mass is 32.1. The van der Waals surface area contributed by atoms with Crippen LogP contribution in [0.4, 0.5) is 4.39 Å². The van der Waals surface area contributed by atoms with Crippen molar-refractivity contribution >= 4 is 22.3 Å². The second-order valence-corrected chi connectivity index (χ2v) is 5.25. The first kappa shape index (κ1) is 12.8. The van der Waals surface area contributed by atoms with Crippen LogP contribution >= 0.6 is 11.3 Å². The van der Waals surface area contributed by atoms with E-state index in [1.54, 1.807) is 12.1 Å². The van der Waals surface area contributed by atoms with E-state index >= 15 is 0 Å². The van der Waals surface area contributed by atoms with Crippen molar-refractivity contribution in [1.82, 2.24) is 9.38 Å². The van der Waals surface area contributed by atoms with Gasteiger partial charge in [0, 0.05) is 22.8 Å². The molecule has 0 saturated carbocycles. The standard InChI is InChI=1S/C14H11FN2O2S/c15-10-3-1-2-9(6-10)12-7-17-11(4-5-13(18)19)8-20-14(17)16-12/h1-3,6-8H,4-5H2,(H,18,19). The molecule has 0 radical (unpaired) electrons. The first-order chi connectivity index (χ1) is 9.63. The highest BCUT2D eigenvalue weighted by molar-refractivity contribution is 7.15. The first-order valence-corrected chi connectivity index (χ1v) is 6.94. The second kappa shape index (κ2) is 5.05. The molecule has 20 heavy (non-hydrogen) atoms. The second-order valence-electron chi connectivity index (χ2n) is 4.41. The Morgan fingerprint density at radius 3 is 3.05 bits per heavy atom. The zero-order valence-electron chi connectivity index (χ0n) is 10.4. The molecule has 0 fully saturated rings. The number of thiazole rings is 1. The minimum absolute atomic E-state index is 0.0827. The summed E-state index contributed by atoms with van der Waals surface area (Å²) in [6, 6.07) is 6.26. The summed E-state index contributed by atoms with van der Waals surface area (Å²) in [6.45, 7) is 0. The Labute approximate surface area is 118 Å². The molecule has 0 aliphatic heterocycles. The number of carboxylic acid groups (broad SMARTS) is 1. The minimum Gasteiger partial charge on any atom is -0.481 e. The number of hydrogen-bond acceptors (Lipinski definition) is 3. The van der Waals surface area contributed by atoms with Gasteiger partial charge in [0.25, 0.3) is 0 Å². The maximum Gasteiger partial charge on any atom is 0.303 e. The number of aromatic nitrogens is 2.